The van der Waals surface area contributed by atoms with Gasteiger partial charge in [0.05, 0.1) is 5.54 Å². The van der Waals surface area contributed by atoms with Crippen LogP contribution in [0.5, 0.6) is 0 Å². The van der Waals surface area contributed by atoms with Crippen molar-refractivity contribution in [2.24, 2.45) is 7.05 Å². The Morgan fingerprint density at radius 1 is 1.28 bits per heavy atom. The van der Waals surface area contributed by atoms with Crippen LogP contribution in [0.1, 0.15) is 53.3 Å². The van der Waals surface area contributed by atoms with Gasteiger partial charge in [0.2, 0.25) is 0 Å². The summed E-state index contributed by atoms with van der Waals surface area (Å²) in [6, 6.07) is 9.64. The zero-order chi connectivity index (χ0) is 17.4. The van der Waals surface area contributed by atoms with Crippen LogP contribution in [0, 0.1) is 0 Å². The van der Waals surface area contributed by atoms with Crippen LogP contribution in [-0.4, -0.2) is 28.9 Å². The Morgan fingerprint density at radius 2 is 1.96 bits per heavy atom. The first-order chi connectivity index (χ1) is 12.1. The van der Waals surface area contributed by atoms with Gasteiger partial charge in [0.1, 0.15) is 5.69 Å². The molecule has 5 nitrogen and oxygen atoms in total. The molecular formula is C19H22ClN3O2. The number of halogens is 1. The summed E-state index contributed by atoms with van der Waals surface area (Å²) in [4.78, 5) is 12.9. The average Bonchev–Trinajstić information content (AvgIpc) is 3.38. The van der Waals surface area contributed by atoms with E-state index in [9.17, 15) is 4.79 Å². The van der Waals surface area contributed by atoms with E-state index in [1.165, 1.54) is 12.8 Å². The number of ether oxygens (including phenoxy) is 1. The number of carbonyl (C=O) groups excluding carboxylic acids is 1. The number of carbonyl (C=O) groups is 1. The number of hydrogen-bond donors (Lipinski definition) is 1. The molecule has 0 radical (unpaired) electrons. The molecule has 1 saturated heterocycles. The van der Waals surface area contributed by atoms with E-state index < -0.39 is 5.54 Å². The van der Waals surface area contributed by atoms with Crippen molar-refractivity contribution in [1.29, 1.82) is 0 Å². The van der Waals surface area contributed by atoms with Gasteiger partial charge in [0, 0.05) is 36.9 Å². The lowest BCUT2D eigenvalue weighted by Crippen LogP contribution is -2.49. The highest BCUT2D eigenvalue weighted by atomic mass is 35.5. The van der Waals surface area contributed by atoms with Crippen molar-refractivity contribution in [3.8, 4) is 0 Å². The third-order valence-corrected chi connectivity index (χ3v) is 5.49. The molecule has 2 aliphatic rings. The molecule has 2 heterocycles. The minimum Gasteiger partial charge on any atom is -0.381 e. The van der Waals surface area contributed by atoms with Crippen LogP contribution in [0.3, 0.4) is 0 Å². The number of nitrogens with one attached hydrogen (secondary N) is 1. The highest BCUT2D eigenvalue weighted by Crippen LogP contribution is 2.40. The fraction of sp³-hybridized carbons (Fsp3) is 0.474. The largest absolute Gasteiger partial charge is 0.381 e. The molecule has 1 amide bonds. The molecule has 0 atom stereocenters. The fourth-order valence-corrected chi connectivity index (χ4v) is 3.74. The summed E-state index contributed by atoms with van der Waals surface area (Å²) in [6.45, 7) is 1.25. The maximum Gasteiger partial charge on any atom is 0.272 e. The third-order valence-electron chi connectivity index (χ3n) is 5.24. The lowest BCUT2D eigenvalue weighted by molar-refractivity contribution is 0.0344. The smallest absolute Gasteiger partial charge is 0.272 e. The fourth-order valence-electron chi connectivity index (χ4n) is 3.61. The van der Waals surface area contributed by atoms with Gasteiger partial charge >= 0.3 is 0 Å². The minimum absolute atomic E-state index is 0.126. The predicted octanol–water partition coefficient (Wildman–Crippen LogP) is 3.39. The molecule has 0 unspecified atom stereocenters. The molecule has 4 rings (SSSR count). The van der Waals surface area contributed by atoms with Gasteiger partial charge in [-0.1, -0.05) is 23.7 Å². The van der Waals surface area contributed by atoms with Crippen molar-refractivity contribution in [3.05, 3.63) is 52.3 Å². The van der Waals surface area contributed by atoms with Crippen LogP contribution < -0.4 is 5.32 Å². The van der Waals surface area contributed by atoms with Crippen molar-refractivity contribution in [2.45, 2.75) is 37.1 Å². The molecule has 2 aromatic rings. The van der Waals surface area contributed by atoms with E-state index >= 15 is 0 Å². The standard InChI is InChI=1S/C19H22ClN3O2/c1-23-17(13-2-3-13)12-16(22-23)18(24)21-19(8-10-25-11-9-19)14-4-6-15(20)7-5-14/h4-7,12-13H,2-3,8-11H2,1H3,(H,21,24). The summed E-state index contributed by atoms with van der Waals surface area (Å²) in [5, 5.41) is 8.37. The van der Waals surface area contributed by atoms with Gasteiger partial charge < -0.3 is 10.1 Å². The Kier molecular flexibility index (Phi) is 4.29. The summed E-state index contributed by atoms with van der Waals surface area (Å²) in [5.41, 5.74) is 2.27. The molecule has 0 bridgehead atoms. The van der Waals surface area contributed by atoms with Crippen molar-refractivity contribution >= 4 is 17.5 Å². The van der Waals surface area contributed by atoms with Gasteiger partial charge in [0.15, 0.2) is 0 Å². The molecule has 1 aromatic carbocycles. The molecule has 2 fully saturated rings. The molecular weight excluding hydrogens is 338 g/mol. The lowest BCUT2D eigenvalue weighted by atomic mass is 9.82. The third kappa shape index (κ3) is 3.31. The second kappa shape index (κ2) is 6.46. The number of hydrogen-bond acceptors (Lipinski definition) is 3. The van der Waals surface area contributed by atoms with Crippen molar-refractivity contribution in [3.63, 3.8) is 0 Å². The van der Waals surface area contributed by atoms with Gasteiger partial charge in [-0.3, -0.25) is 9.48 Å². The van der Waals surface area contributed by atoms with E-state index in [4.69, 9.17) is 16.3 Å². The normalized spacial score (nSPS) is 19.6. The number of aromatic nitrogens is 2. The molecule has 25 heavy (non-hydrogen) atoms. The topological polar surface area (TPSA) is 56.2 Å². The van der Waals surface area contributed by atoms with Crippen molar-refractivity contribution in [1.82, 2.24) is 15.1 Å². The van der Waals surface area contributed by atoms with Gasteiger partial charge in [-0.2, -0.15) is 5.10 Å². The van der Waals surface area contributed by atoms with Crippen LogP contribution in [0.15, 0.2) is 30.3 Å². The van der Waals surface area contributed by atoms with Gasteiger partial charge in [-0.05, 0) is 49.4 Å². The molecule has 132 valence electrons. The molecule has 1 N–H and O–H groups in total. The predicted molar refractivity (Wildman–Crippen MR) is 95.8 cm³/mol. The Labute approximate surface area is 152 Å². The molecule has 1 aliphatic heterocycles. The van der Waals surface area contributed by atoms with E-state index in [0.717, 1.165) is 24.1 Å². The number of amides is 1. The average molecular weight is 360 g/mol. The van der Waals surface area contributed by atoms with Crippen LogP contribution in [0.25, 0.3) is 0 Å². The van der Waals surface area contributed by atoms with Crippen LogP contribution in [-0.2, 0) is 17.3 Å². The first kappa shape index (κ1) is 16.6. The molecule has 1 saturated carbocycles. The first-order valence-corrected chi connectivity index (χ1v) is 9.15. The second-order valence-electron chi connectivity index (χ2n) is 7.01. The highest BCUT2D eigenvalue weighted by molar-refractivity contribution is 6.30. The summed E-state index contributed by atoms with van der Waals surface area (Å²) >= 11 is 6.03. The molecule has 1 aromatic heterocycles. The number of aryl methyl sites for hydroxylation is 1. The quantitative estimate of drug-likeness (QED) is 0.910. The van der Waals surface area contributed by atoms with E-state index in [2.05, 4.69) is 10.4 Å². The van der Waals surface area contributed by atoms with Crippen molar-refractivity contribution in [2.75, 3.05) is 13.2 Å². The van der Waals surface area contributed by atoms with Gasteiger partial charge in [-0.15, -0.1) is 0 Å². The zero-order valence-corrected chi connectivity index (χ0v) is 15.1. The molecule has 1 aliphatic carbocycles. The van der Waals surface area contributed by atoms with Gasteiger partial charge in [-0.25, -0.2) is 0 Å². The summed E-state index contributed by atoms with van der Waals surface area (Å²) in [7, 11) is 1.91. The molecule has 0 spiro atoms. The second-order valence-corrected chi connectivity index (χ2v) is 7.44. The minimum atomic E-state index is -0.433. The van der Waals surface area contributed by atoms with E-state index in [1.54, 1.807) is 0 Å². The van der Waals surface area contributed by atoms with Crippen molar-refractivity contribution < 1.29 is 9.53 Å². The van der Waals surface area contributed by atoms with Gasteiger partial charge in [0.25, 0.3) is 5.91 Å². The summed E-state index contributed by atoms with van der Waals surface area (Å²) < 4.78 is 7.36. The zero-order valence-electron chi connectivity index (χ0n) is 14.3. The SMILES string of the molecule is Cn1nc(C(=O)NC2(c3ccc(Cl)cc3)CCOCC2)cc1C1CC1. The number of nitrogens with zero attached hydrogens (tertiary/aromatic N) is 2. The Balaban J connectivity index is 1.61. The first-order valence-electron chi connectivity index (χ1n) is 8.78. The molecule has 6 heteroatoms. The number of rotatable bonds is 4. The maximum atomic E-state index is 12.9. The number of benzene rings is 1. The Hall–Kier alpha value is -1.85. The monoisotopic (exact) mass is 359 g/mol. The van der Waals surface area contributed by atoms with Crippen LogP contribution in [0.2, 0.25) is 5.02 Å². The lowest BCUT2D eigenvalue weighted by Gasteiger charge is -2.38. The maximum absolute atomic E-state index is 12.9. The Morgan fingerprint density at radius 3 is 2.60 bits per heavy atom. The van der Waals surface area contributed by atoms with E-state index in [0.29, 0.717) is 29.8 Å². The summed E-state index contributed by atoms with van der Waals surface area (Å²) in [5.74, 6) is 0.437. The van der Waals surface area contributed by atoms with Crippen LogP contribution in [0.4, 0.5) is 0 Å². The van der Waals surface area contributed by atoms with Crippen LogP contribution >= 0.6 is 11.6 Å². The van der Waals surface area contributed by atoms with E-state index in [-0.39, 0.29) is 5.91 Å². The van der Waals surface area contributed by atoms with E-state index in [1.807, 2.05) is 42.1 Å². The Bertz CT molecular complexity index is 774. The summed E-state index contributed by atoms with van der Waals surface area (Å²) in [6.07, 6.45) is 3.85. The highest BCUT2D eigenvalue weighted by Gasteiger charge is 2.37.